The Bertz CT molecular complexity index is 418. The molecular weight excluding hydrogens is 307 g/mol. The molecule has 0 aliphatic carbocycles. The number of hydrogen-bond donors (Lipinski definition) is 1. The number of oxime groups is 1. The minimum Gasteiger partial charge on any atom is -0.297 e. The van der Waals surface area contributed by atoms with Crippen LogP contribution in [0.25, 0.3) is 0 Å². The highest BCUT2D eigenvalue weighted by Crippen LogP contribution is 2.14. The first-order valence-electron chi connectivity index (χ1n) is 4.96. The van der Waals surface area contributed by atoms with Crippen molar-refractivity contribution in [3.05, 3.63) is 28.7 Å². The van der Waals surface area contributed by atoms with Crippen LogP contribution in [-0.2, 0) is 4.84 Å². The largest absolute Gasteiger partial charge is 0.437 e. The minimum absolute atomic E-state index is 0.0251. The molecule has 1 rings (SSSR count). The zero-order valence-electron chi connectivity index (χ0n) is 9.41. The Morgan fingerprint density at radius 3 is 2.53 bits per heavy atom. The van der Waals surface area contributed by atoms with Crippen molar-refractivity contribution in [2.24, 2.45) is 11.1 Å². The van der Waals surface area contributed by atoms with Gasteiger partial charge >= 0.3 is 6.09 Å². The Hall–Kier alpha value is -1.07. The molecule has 6 heteroatoms. The first-order valence-corrected chi connectivity index (χ1v) is 6.13. The molecule has 0 saturated heterocycles. The molecule has 1 amide bonds. The van der Waals surface area contributed by atoms with Gasteiger partial charge in [-0.05, 0) is 24.3 Å². The molecule has 0 aromatic heterocycles. The lowest BCUT2D eigenvalue weighted by atomic mass is 10.2. The fraction of sp³-hybridized carbons (Fsp3) is 0.273. The second-order valence-corrected chi connectivity index (χ2v) is 4.88. The van der Waals surface area contributed by atoms with Crippen LogP contribution in [0, 0.1) is 5.92 Å². The summed E-state index contributed by atoms with van der Waals surface area (Å²) in [6.45, 7) is 3.70. The monoisotopic (exact) mass is 318 g/mol. The van der Waals surface area contributed by atoms with Crippen LogP contribution < -0.4 is 5.32 Å². The molecule has 0 radical (unpaired) electrons. The Morgan fingerprint density at radius 1 is 1.41 bits per heavy atom. The SMILES string of the molecule is CC(C)/C(Cl)=N\OC(=O)Nc1ccc(Br)cc1. The van der Waals surface area contributed by atoms with E-state index >= 15 is 0 Å². The van der Waals surface area contributed by atoms with E-state index in [0.29, 0.717) is 5.69 Å². The van der Waals surface area contributed by atoms with E-state index < -0.39 is 6.09 Å². The number of hydrogen-bond acceptors (Lipinski definition) is 3. The predicted molar refractivity (Wildman–Crippen MR) is 72.4 cm³/mol. The van der Waals surface area contributed by atoms with E-state index in [2.05, 4.69) is 31.2 Å². The van der Waals surface area contributed by atoms with Crippen LogP contribution in [0.3, 0.4) is 0 Å². The fourth-order valence-electron chi connectivity index (χ4n) is 0.864. The maximum absolute atomic E-state index is 11.3. The Kier molecular flexibility index (Phi) is 5.44. The molecule has 4 nitrogen and oxygen atoms in total. The second-order valence-electron chi connectivity index (χ2n) is 3.58. The predicted octanol–water partition coefficient (Wildman–Crippen LogP) is 4.21. The van der Waals surface area contributed by atoms with Crippen molar-refractivity contribution >= 4 is 44.5 Å². The molecule has 92 valence electrons. The van der Waals surface area contributed by atoms with Gasteiger partial charge in [0.1, 0.15) is 5.17 Å². The number of carbonyl (C=O) groups excluding carboxylic acids is 1. The molecular formula is C11H12BrClN2O2. The highest BCUT2D eigenvalue weighted by molar-refractivity contribution is 9.10. The number of nitrogens with one attached hydrogen (secondary N) is 1. The third-order valence-corrected chi connectivity index (χ3v) is 2.82. The summed E-state index contributed by atoms with van der Waals surface area (Å²) in [7, 11) is 0. The van der Waals surface area contributed by atoms with Crippen molar-refractivity contribution in [3.63, 3.8) is 0 Å². The van der Waals surface area contributed by atoms with Crippen LogP contribution in [0.15, 0.2) is 33.9 Å². The summed E-state index contributed by atoms with van der Waals surface area (Å²) in [5.41, 5.74) is 0.620. The van der Waals surface area contributed by atoms with Crippen LogP contribution >= 0.6 is 27.5 Å². The number of anilines is 1. The molecule has 0 atom stereocenters. The van der Waals surface area contributed by atoms with Gasteiger partial charge in [0.15, 0.2) is 0 Å². The Morgan fingerprint density at radius 2 is 2.00 bits per heavy atom. The lowest BCUT2D eigenvalue weighted by molar-refractivity contribution is 0.166. The third-order valence-electron chi connectivity index (χ3n) is 1.78. The van der Waals surface area contributed by atoms with Crippen molar-refractivity contribution in [1.82, 2.24) is 0 Å². The van der Waals surface area contributed by atoms with Gasteiger partial charge in [0.25, 0.3) is 0 Å². The standard InChI is InChI=1S/C11H12BrClN2O2/c1-7(2)10(13)15-17-11(16)14-9-5-3-8(12)4-6-9/h3-7H,1-2H3,(H,14,16)/b15-10+. The van der Waals surface area contributed by atoms with Gasteiger partial charge in [0.2, 0.25) is 0 Å². The number of rotatable bonds is 3. The first kappa shape index (κ1) is 14.0. The smallest absolute Gasteiger partial charge is 0.297 e. The quantitative estimate of drug-likeness (QED) is 0.515. The topological polar surface area (TPSA) is 50.7 Å². The molecule has 17 heavy (non-hydrogen) atoms. The van der Waals surface area contributed by atoms with Gasteiger partial charge in [-0.2, -0.15) is 0 Å². The van der Waals surface area contributed by atoms with E-state index in [-0.39, 0.29) is 11.1 Å². The number of carbonyl (C=O) groups is 1. The zero-order valence-corrected chi connectivity index (χ0v) is 11.7. The van der Waals surface area contributed by atoms with Gasteiger partial charge < -0.3 is 0 Å². The van der Waals surface area contributed by atoms with Crippen LogP contribution in [0.2, 0.25) is 0 Å². The summed E-state index contributed by atoms with van der Waals surface area (Å²) in [6, 6.07) is 7.08. The third kappa shape index (κ3) is 5.19. The Balaban J connectivity index is 2.50. The first-order chi connectivity index (χ1) is 7.99. The summed E-state index contributed by atoms with van der Waals surface area (Å²) in [6.07, 6.45) is -0.675. The van der Waals surface area contributed by atoms with Gasteiger partial charge in [0.05, 0.1) is 0 Å². The summed E-state index contributed by atoms with van der Waals surface area (Å²) < 4.78 is 0.928. The number of halogens is 2. The van der Waals surface area contributed by atoms with Crippen molar-refractivity contribution in [3.8, 4) is 0 Å². The minimum atomic E-state index is -0.675. The average Bonchev–Trinajstić information content (AvgIpc) is 2.29. The molecule has 0 unspecified atom stereocenters. The molecule has 1 N–H and O–H groups in total. The maximum atomic E-state index is 11.3. The number of benzene rings is 1. The number of nitrogens with zero attached hydrogens (tertiary/aromatic N) is 1. The maximum Gasteiger partial charge on any atom is 0.437 e. The van der Waals surface area contributed by atoms with E-state index in [1.165, 1.54) is 0 Å². The van der Waals surface area contributed by atoms with E-state index in [4.69, 9.17) is 11.6 Å². The van der Waals surface area contributed by atoms with E-state index in [0.717, 1.165) is 4.47 Å². The average molecular weight is 320 g/mol. The van der Waals surface area contributed by atoms with Crippen LogP contribution in [-0.4, -0.2) is 11.3 Å². The van der Waals surface area contributed by atoms with Crippen molar-refractivity contribution in [1.29, 1.82) is 0 Å². The van der Waals surface area contributed by atoms with Gasteiger partial charge in [0, 0.05) is 16.1 Å². The highest BCUT2D eigenvalue weighted by Gasteiger charge is 2.05. The van der Waals surface area contributed by atoms with E-state index in [1.54, 1.807) is 24.3 Å². The molecule has 1 aromatic rings. The lowest BCUT2D eigenvalue weighted by Gasteiger charge is -2.04. The van der Waals surface area contributed by atoms with Gasteiger partial charge in [-0.3, -0.25) is 10.2 Å². The molecule has 0 saturated carbocycles. The number of amides is 1. The normalized spacial score (nSPS) is 11.5. The molecule has 0 spiro atoms. The molecule has 0 fully saturated rings. The molecule has 1 aromatic carbocycles. The molecule has 0 aliphatic rings. The zero-order chi connectivity index (χ0) is 12.8. The van der Waals surface area contributed by atoms with Crippen LogP contribution in [0.1, 0.15) is 13.8 Å². The van der Waals surface area contributed by atoms with E-state index in [1.807, 2.05) is 13.8 Å². The Labute approximate surface area is 113 Å². The summed E-state index contributed by atoms with van der Waals surface area (Å²) >= 11 is 9.02. The van der Waals surface area contributed by atoms with Crippen LogP contribution in [0.5, 0.6) is 0 Å². The fourth-order valence-corrected chi connectivity index (χ4v) is 1.16. The second kappa shape index (κ2) is 6.61. The summed E-state index contributed by atoms with van der Waals surface area (Å²) in [5.74, 6) is 0.0251. The molecule has 0 aliphatic heterocycles. The highest BCUT2D eigenvalue weighted by atomic mass is 79.9. The summed E-state index contributed by atoms with van der Waals surface area (Å²) in [5, 5.41) is 6.26. The van der Waals surface area contributed by atoms with Crippen LogP contribution in [0.4, 0.5) is 10.5 Å². The van der Waals surface area contributed by atoms with E-state index in [9.17, 15) is 4.79 Å². The van der Waals surface area contributed by atoms with Crippen molar-refractivity contribution < 1.29 is 9.63 Å². The van der Waals surface area contributed by atoms with Crippen molar-refractivity contribution in [2.75, 3.05) is 5.32 Å². The lowest BCUT2D eigenvalue weighted by Crippen LogP contribution is -2.12. The summed E-state index contributed by atoms with van der Waals surface area (Å²) in [4.78, 5) is 15.9. The van der Waals surface area contributed by atoms with Crippen molar-refractivity contribution in [2.45, 2.75) is 13.8 Å². The molecule has 0 bridgehead atoms. The molecule has 0 heterocycles. The van der Waals surface area contributed by atoms with Gasteiger partial charge in [-0.15, -0.1) is 0 Å². The van der Waals surface area contributed by atoms with Gasteiger partial charge in [-0.1, -0.05) is 46.5 Å². The van der Waals surface area contributed by atoms with Gasteiger partial charge in [-0.25, -0.2) is 4.79 Å².